The van der Waals surface area contributed by atoms with E-state index >= 15 is 0 Å². The molecule has 23 heavy (non-hydrogen) atoms. The third kappa shape index (κ3) is 2.21. The van der Waals surface area contributed by atoms with E-state index in [1.54, 1.807) is 16.3 Å². The second-order valence-corrected chi connectivity index (χ2v) is 5.39. The minimum atomic E-state index is -0.472. The monoisotopic (exact) mass is 316 g/mol. The van der Waals surface area contributed by atoms with Crippen LogP contribution in [0.4, 0.5) is 0 Å². The van der Waals surface area contributed by atoms with E-state index in [0.717, 1.165) is 24.2 Å². The van der Waals surface area contributed by atoms with E-state index in [9.17, 15) is 9.59 Å². The van der Waals surface area contributed by atoms with Crippen LogP contribution in [0.5, 0.6) is 0 Å². The molecule has 0 radical (unpaired) electrons. The maximum absolute atomic E-state index is 12.2. The standard InChI is InChI=1S/C15H20N6O2/c1-5-9-8-10(6-2)21(18-9)14-16-12-11(20(14)7-3)13(22)17-15(23)19(12)4/h8H,5-7H2,1-4H3,(H,17,22,23). The van der Waals surface area contributed by atoms with E-state index in [1.807, 2.05) is 19.9 Å². The lowest BCUT2D eigenvalue weighted by atomic mass is 10.3. The number of aryl methyl sites for hydroxylation is 4. The minimum Gasteiger partial charge on any atom is -0.303 e. The summed E-state index contributed by atoms with van der Waals surface area (Å²) in [6, 6.07) is 2.04. The highest BCUT2D eigenvalue weighted by atomic mass is 16.2. The molecule has 0 unspecified atom stereocenters. The lowest BCUT2D eigenvalue weighted by Crippen LogP contribution is -2.29. The Labute approximate surface area is 132 Å². The quantitative estimate of drug-likeness (QED) is 0.769. The lowest BCUT2D eigenvalue weighted by Gasteiger charge is -2.07. The van der Waals surface area contributed by atoms with Gasteiger partial charge in [-0.25, -0.2) is 9.48 Å². The number of aromatic nitrogens is 6. The number of H-pyrrole nitrogens is 1. The third-order valence-corrected chi connectivity index (χ3v) is 4.05. The zero-order valence-corrected chi connectivity index (χ0v) is 13.8. The molecular weight excluding hydrogens is 296 g/mol. The molecule has 3 rings (SSSR count). The molecular formula is C15H20N6O2. The first-order valence-corrected chi connectivity index (χ1v) is 7.79. The molecule has 3 aromatic heterocycles. The molecule has 0 saturated heterocycles. The third-order valence-electron chi connectivity index (χ3n) is 4.05. The molecule has 0 fully saturated rings. The van der Waals surface area contributed by atoms with Gasteiger partial charge in [-0.2, -0.15) is 10.1 Å². The maximum Gasteiger partial charge on any atom is 0.329 e. The first kappa shape index (κ1) is 15.3. The Morgan fingerprint density at radius 3 is 2.52 bits per heavy atom. The second-order valence-electron chi connectivity index (χ2n) is 5.39. The van der Waals surface area contributed by atoms with Gasteiger partial charge in [0.05, 0.1) is 5.69 Å². The summed E-state index contributed by atoms with van der Waals surface area (Å²) < 4.78 is 4.91. The van der Waals surface area contributed by atoms with Crippen LogP contribution >= 0.6 is 0 Å². The molecule has 0 bridgehead atoms. The number of imidazole rings is 1. The summed E-state index contributed by atoms with van der Waals surface area (Å²) in [4.78, 5) is 30.9. The molecule has 0 aromatic carbocycles. The van der Waals surface area contributed by atoms with Gasteiger partial charge in [0.1, 0.15) is 0 Å². The highest BCUT2D eigenvalue weighted by Crippen LogP contribution is 2.17. The van der Waals surface area contributed by atoms with Crippen molar-refractivity contribution in [2.45, 2.75) is 40.2 Å². The fraction of sp³-hybridized carbons (Fsp3) is 0.467. The summed E-state index contributed by atoms with van der Waals surface area (Å²) in [5.41, 5.74) is 1.85. The number of hydrogen-bond acceptors (Lipinski definition) is 4. The Hall–Kier alpha value is -2.64. The average Bonchev–Trinajstić information content (AvgIpc) is 3.13. The van der Waals surface area contributed by atoms with Crippen LogP contribution < -0.4 is 11.2 Å². The Kier molecular flexibility index (Phi) is 3.67. The fourth-order valence-electron chi connectivity index (χ4n) is 2.76. The highest BCUT2D eigenvalue weighted by molar-refractivity contribution is 5.72. The van der Waals surface area contributed by atoms with Gasteiger partial charge in [0.25, 0.3) is 5.56 Å². The van der Waals surface area contributed by atoms with Crippen molar-refractivity contribution in [2.75, 3.05) is 0 Å². The summed E-state index contributed by atoms with van der Waals surface area (Å²) in [7, 11) is 1.60. The Bertz CT molecular complexity index is 988. The molecule has 1 N–H and O–H groups in total. The van der Waals surface area contributed by atoms with E-state index in [0.29, 0.717) is 23.7 Å². The van der Waals surface area contributed by atoms with Gasteiger partial charge in [0.2, 0.25) is 5.95 Å². The molecule has 0 amide bonds. The van der Waals surface area contributed by atoms with Crippen LogP contribution in [0.1, 0.15) is 32.2 Å². The van der Waals surface area contributed by atoms with E-state index in [4.69, 9.17) is 0 Å². The fourth-order valence-corrected chi connectivity index (χ4v) is 2.76. The van der Waals surface area contributed by atoms with Crippen molar-refractivity contribution < 1.29 is 0 Å². The maximum atomic E-state index is 12.2. The molecule has 0 atom stereocenters. The van der Waals surface area contributed by atoms with Crippen LogP contribution in [0, 0.1) is 0 Å². The number of nitrogens with one attached hydrogen (secondary N) is 1. The Morgan fingerprint density at radius 2 is 1.91 bits per heavy atom. The number of fused-ring (bicyclic) bond motifs is 1. The van der Waals surface area contributed by atoms with Crippen molar-refractivity contribution in [3.63, 3.8) is 0 Å². The zero-order chi connectivity index (χ0) is 16.7. The van der Waals surface area contributed by atoms with Crippen LogP contribution in [-0.2, 0) is 26.4 Å². The molecule has 3 aromatic rings. The van der Waals surface area contributed by atoms with Crippen LogP contribution in [0.25, 0.3) is 17.1 Å². The molecule has 8 nitrogen and oxygen atoms in total. The van der Waals surface area contributed by atoms with Gasteiger partial charge in [-0.15, -0.1) is 0 Å². The van der Waals surface area contributed by atoms with E-state index < -0.39 is 11.2 Å². The van der Waals surface area contributed by atoms with Crippen molar-refractivity contribution in [1.82, 2.24) is 28.9 Å². The zero-order valence-electron chi connectivity index (χ0n) is 13.8. The minimum absolute atomic E-state index is 0.367. The van der Waals surface area contributed by atoms with Crippen molar-refractivity contribution in [1.29, 1.82) is 0 Å². The van der Waals surface area contributed by atoms with Crippen LogP contribution in [0.15, 0.2) is 15.7 Å². The van der Waals surface area contributed by atoms with Crippen molar-refractivity contribution in [3.8, 4) is 5.95 Å². The molecule has 0 aliphatic carbocycles. The first-order valence-electron chi connectivity index (χ1n) is 7.79. The van der Waals surface area contributed by atoms with E-state index in [2.05, 4.69) is 22.0 Å². The molecule has 122 valence electrons. The van der Waals surface area contributed by atoms with E-state index in [1.165, 1.54) is 4.57 Å². The Balaban J connectivity index is 2.41. The molecule has 8 heteroatoms. The summed E-state index contributed by atoms with van der Waals surface area (Å²) in [5.74, 6) is 0.561. The summed E-state index contributed by atoms with van der Waals surface area (Å²) >= 11 is 0. The predicted octanol–water partition coefficient (Wildman–Crippen LogP) is 0.754. The summed E-state index contributed by atoms with van der Waals surface area (Å²) in [6.07, 6.45) is 1.63. The van der Waals surface area contributed by atoms with Gasteiger partial charge >= 0.3 is 5.69 Å². The average molecular weight is 316 g/mol. The number of aromatic amines is 1. The van der Waals surface area contributed by atoms with Crippen molar-refractivity contribution >= 4 is 11.2 Å². The van der Waals surface area contributed by atoms with Crippen LogP contribution in [0.3, 0.4) is 0 Å². The lowest BCUT2D eigenvalue weighted by molar-refractivity contribution is 0.674. The molecule has 0 spiro atoms. The largest absolute Gasteiger partial charge is 0.329 e. The Morgan fingerprint density at radius 1 is 1.17 bits per heavy atom. The highest BCUT2D eigenvalue weighted by Gasteiger charge is 2.20. The van der Waals surface area contributed by atoms with Crippen molar-refractivity contribution in [2.24, 2.45) is 7.05 Å². The van der Waals surface area contributed by atoms with Gasteiger partial charge in [-0.3, -0.25) is 14.3 Å². The SMILES string of the molecule is CCc1cc(CC)n(-c2nc3c(c(=O)[nH]c(=O)n3C)n2CC)n1. The molecule has 0 aliphatic heterocycles. The van der Waals surface area contributed by atoms with Gasteiger partial charge in [0, 0.05) is 19.3 Å². The molecule has 3 heterocycles. The number of nitrogens with zero attached hydrogens (tertiary/aromatic N) is 5. The van der Waals surface area contributed by atoms with Gasteiger partial charge in [-0.05, 0) is 25.8 Å². The van der Waals surface area contributed by atoms with Crippen molar-refractivity contribution in [3.05, 3.63) is 38.3 Å². The number of hydrogen-bond donors (Lipinski definition) is 1. The molecule has 0 aliphatic rings. The van der Waals surface area contributed by atoms with E-state index in [-0.39, 0.29) is 0 Å². The van der Waals surface area contributed by atoms with Gasteiger partial charge in [-0.1, -0.05) is 13.8 Å². The first-order chi connectivity index (χ1) is 11.0. The summed E-state index contributed by atoms with van der Waals surface area (Å²) in [5, 5.41) is 4.59. The normalized spacial score (nSPS) is 11.5. The predicted molar refractivity (Wildman–Crippen MR) is 87.1 cm³/mol. The smallest absolute Gasteiger partial charge is 0.303 e. The topological polar surface area (TPSA) is 90.5 Å². The summed E-state index contributed by atoms with van der Waals surface area (Å²) in [6.45, 7) is 6.58. The van der Waals surface area contributed by atoms with Crippen LogP contribution in [-0.4, -0.2) is 28.9 Å². The van der Waals surface area contributed by atoms with Gasteiger partial charge < -0.3 is 4.57 Å². The van der Waals surface area contributed by atoms with Crippen LogP contribution in [0.2, 0.25) is 0 Å². The van der Waals surface area contributed by atoms with Gasteiger partial charge in [0.15, 0.2) is 11.2 Å². The molecule has 0 saturated carbocycles. The second kappa shape index (κ2) is 5.53. The number of rotatable bonds is 4.